The van der Waals surface area contributed by atoms with Gasteiger partial charge in [-0.25, -0.2) is 0 Å². The molecule has 1 atom stereocenters. The number of hydrogen-bond acceptors (Lipinski definition) is 4. The Morgan fingerprint density at radius 1 is 1.35 bits per heavy atom. The predicted octanol–water partition coefficient (Wildman–Crippen LogP) is 3.26. The lowest BCUT2D eigenvalue weighted by Crippen LogP contribution is -2.40. The molecule has 0 aromatic carbocycles. The van der Waals surface area contributed by atoms with Crippen LogP contribution in [0.3, 0.4) is 0 Å². The minimum Gasteiger partial charge on any atom is -0.308 e. The zero-order chi connectivity index (χ0) is 14.3. The van der Waals surface area contributed by atoms with Crippen molar-refractivity contribution in [2.75, 3.05) is 6.54 Å². The van der Waals surface area contributed by atoms with Gasteiger partial charge in [0.1, 0.15) is 0 Å². The predicted molar refractivity (Wildman–Crippen MR) is 82.9 cm³/mol. The molecule has 0 fully saturated rings. The summed E-state index contributed by atoms with van der Waals surface area (Å²) in [5.41, 5.74) is 0.145. The second kappa shape index (κ2) is 4.97. The number of rotatable bonds is 2. The van der Waals surface area contributed by atoms with Crippen LogP contribution in [0, 0.1) is 5.41 Å². The maximum Gasteiger partial charge on any atom is 0.174 e. The summed E-state index contributed by atoms with van der Waals surface area (Å²) in [4.78, 5) is 2.63. The Bertz CT molecular complexity index is 606. The largest absolute Gasteiger partial charge is 0.308 e. The molecule has 1 aliphatic heterocycles. The second-order valence-corrected chi connectivity index (χ2v) is 7.57. The highest BCUT2D eigenvalue weighted by atomic mass is 32.1. The fourth-order valence-electron chi connectivity index (χ4n) is 2.72. The third-order valence-electron chi connectivity index (χ3n) is 3.82. The van der Waals surface area contributed by atoms with Gasteiger partial charge in [-0.2, -0.15) is 0 Å². The molecule has 3 heterocycles. The van der Waals surface area contributed by atoms with E-state index < -0.39 is 0 Å². The summed E-state index contributed by atoms with van der Waals surface area (Å²) in [5, 5.41) is 12.5. The molecule has 1 N–H and O–H groups in total. The molecule has 108 valence electrons. The van der Waals surface area contributed by atoms with Crippen molar-refractivity contribution in [1.29, 1.82) is 0 Å². The molecule has 3 rings (SSSR count). The quantitative estimate of drug-likeness (QED) is 0.923. The molecule has 4 nitrogen and oxygen atoms in total. The normalized spacial score (nSPS) is 19.1. The average molecular weight is 290 g/mol. The van der Waals surface area contributed by atoms with E-state index in [0.29, 0.717) is 0 Å². The fourth-order valence-corrected chi connectivity index (χ4v) is 3.67. The molecule has 0 amide bonds. The van der Waals surface area contributed by atoms with Gasteiger partial charge in [-0.15, -0.1) is 21.5 Å². The van der Waals surface area contributed by atoms with Gasteiger partial charge in [-0.3, -0.25) is 0 Å². The van der Waals surface area contributed by atoms with E-state index in [2.05, 4.69) is 59.9 Å². The van der Waals surface area contributed by atoms with Crippen molar-refractivity contribution in [1.82, 2.24) is 20.1 Å². The van der Waals surface area contributed by atoms with Crippen LogP contribution in [-0.4, -0.2) is 21.3 Å². The average Bonchev–Trinajstić information content (AvgIpc) is 3.02. The summed E-state index contributed by atoms with van der Waals surface area (Å²) in [7, 11) is 0. The van der Waals surface area contributed by atoms with Crippen molar-refractivity contribution >= 4 is 11.3 Å². The summed E-state index contributed by atoms with van der Waals surface area (Å²) < 4.78 is 2.29. The van der Waals surface area contributed by atoms with Crippen LogP contribution in [0.5, 0.6) is 0 Å². The third-order valence-corrected chi connectivity index (χ3v) is 5.04. The first-order chi connectivity index (χ1) is 9.50. The number of fused-ring (bicyclic) bond motifs is 1. The van der Waals surface area contributed by atoms with Crippen LogP contribution in [0.25, 0.3) is 10.7 Å². The topological polar surface area (TPSA) is 42.7 Å². The van der Waals surface area contributed by atoms with E-state index in [1.165, 1.54) is 9.75 Å². The van der Waals surface area contributed by atoms with Gasteiger partial charge in [0.2, 0.25) is 0 Å². The molecule has 0 bridgehead atoms. The number of nitrogens with zero attached hydrogens (tertiary/aromatic N) is 3. The van der Waals surface area contributed by atoms with Crippen LogP contribution < -0.4 is 5.32 Å². The van der Waals surface area contributed by atoms with E-state index in [-0.39, 0.29) is 11.5 Å². The van der Waals surface area contributed by atoms with Gasteiger partial charge in [0.15, 0.2) is 11.6 Å². The lowest BCUT2D eigenvalue weighted by molar-refractivity contribution is 0.234. The highest BCUT2D eigenvalue weighted by molar-refractivity contribution is 7.15. The maximum atomic E-state index is 4.47. The van der Waals surface area contributed by atoms with Crippen molar-refractivity contribution in [2.24, 2.45) is 5.41 Å². The van der Waals surface area contributed by atoms with E-state index >= 15 is 0 Å². The summed E-state index contributed by atoms with van der Waals surface area (Å²) in [6.07, 6.45) is 1.08. The van der Waals surface area contributed by atoms with E-state index in [9.17, 15) is 0 Å². The monoisotopic (exact) mass is 290 g/mol. The SMILES string of the molecule is CCc1ccc(-c2nnc3n2CCNC3C(C)(C)C)s1. The first-order valence-corrected chi connectivity index (χ1v) is 8.08. The van der Waals surface area contributed by atoms with Gasteiger partial charge in [0.25, 0.3) is 0 Å². The van der Waals surface area contributed by atoms with Crippen molar-refractivity contribution in [3.8, 4) is 10.7 Å². The summed E-state index contributed by atoms with van der Waals surface area (Å²) in [5.74, 6) is 2.10. The summed E-state index contributed by atoms with van der Waals surface area (Å²) >= 11 is 1.83. The molecule has 0 aliphatic carbocycles. The molecule has 0 spiro atoms. The molecule has 1 unspecified atom stereocenters. The Labute approximate surface area is 124 Å². The van der Waals surface area contributed by atoms with Gasteiger partial charge < -0.3 is 9.88 Å². The van der Waals surface area contributed by atoms with E-state index in [0.717, 1.165) is 31.2 Å². The Kier molecular flexibility index (Phi) is 3.42. The molecule has 5 heteroatoms. The highest BCUT2D eigenvalue weighted by Crippen LogP contribution is 2.36. The molecular weight excluding hydrogens is 268 g/mol. The van der Waals surface area contributed by atoms with Gasteiger partial charge in [-0.1, -0.05) is 27.7 Å². The Morgan fingerprint density at radius 2 is 2.15 bits per heavy atom. The molecule has 20 heavy (non-hydrogen) atoms. The molecule has 1 aliphatic rings. The van der Waals surface area contributed by atoms with Gasteiger partial charge in [0, 0.05) is 18.0 Å². The van der Waals surface area contributed by atoms with Crippen LogP contribution in [0.15, 0.2) is 12.1 Å². The minimum atomic E-state index is 0.145. The van der Waals surface area contributed by atoms with Crippen LogP contribution in [0.1, 0.15) is 44.4 Å². The van der Waals surface area contributed by atoms with Crippen LogP contribution in [0.4, 0.5) is 0 Å². The van der Waals surface area contributed by atoms with Gasteiger partial charge >= 0.3 is 0 Å². The number of hydrogen-bond donors (Lipinski definition) is 1. The maximum absolute atomic E-state index is 4.47. The fraction of sp³-hybridized carbons (Fsp3) is 0.600. The molecule has 2 aromatic heterocycles. The molecule has 2 aromatic rings. The minimum absolute atomic E-state index is 0.145. The van der Waals surface area contributed by atoms with Gasteiger partial charge in [-0.05, 0) is 24.0 Å². The van der Waals surface area contributed by atoms with Crippen LogP contribution in [0.2, 0.25) is 0 Å². The molecule has 0 saturated heterocycles. The Morgan fingerprint density at radius 3 is 2.80 bits per heavy atom. The van der Waals surface area contributed by atoms with Crippen molar-refractivity contribution in [3.63, 3.8) is 0 Å². The zero-order valence-electron chi connectivity index (χ0n) is 12.6. The summed E-state index contributed by atoms with van der Waals surface area (Å²) in [6.45, 7) is 10.9. The van der Waals surface area contributed by atoms with E-state index in [1.807, 2.05) is 11.3 Å². The zero-order valence-corrected chi connectivity index (χ0v) is 13.4. The number of thiophene rings is 1. The van der Waals surface area contributed by atoms with Crippen LogP contribution >= 0.6 is 11.3 Å². The van der Waals surface area contributed by atoms with Crippen LogP contribution in [-0.2, 0) is 13.0 Å². The highest BCUT2D eigenvalue weighted by Gasteiger charge is 2.34. The van der Waals surface area contributed by atoms with E-state index in [4.69, 9.17) is 0 Å². The summed E-state index contributed by atoms with van der Waals surface area (Å²) in [6, 6.07) is 4.64. The second-order valence-electron chi connectivity index (χ2n) is 6.41. The lowest BCUT2D eigenvalue weighted by atomic mass is 9.85. The molecular formula is C15H22N4S. The number of aryl methyl sites for hydroxylation is 1. The first kappa shape index (κ1) is 13.8. The number of aromatic nitrogens is 3. The van der Waals surface area contributed by atoms with E-state index in [1.54, 1.807) is 0 Å². The smallest absolute Gasteiger partial charge is 0.174 e. The molecule has 0 radical (unpaired) electrons. The standard InChI is InChI=1S/C15H22N4S/c1-5-10-6-7-11(20-10)13-17-18-14-12(15(2,3)4)16-8-9-19(13)14/h6-7,12,16H,5,8-9H2,1-4H3. The third kappa shape index (κ3) is 2.29. The van der Waals surface area contributed by atoms with Crippen molar-refractivity contribution in [2.45, 2.75) is 46.7 Å². The first-order valence-electron chi connectivity index (χ1n) is 7.26. The van der Waals surface area contributed by atoms with Gasteiger partial charge in [0.05, 0.1) is 10.9 Å². The van der Waals surface area contributed by atoms with Crippen molar-refractivity contribution in [3.05, 3.63) is 22.8 Å². The molecule has 0 saturated carbocycles. The number of nitrogens with one attached hydrogen (secondary N) is 1. The lowest BCUT2D eigenvalue weighted by Gasteiger charge is -2.34. The van der Waals surface area contributed by atoms with Crippen molar-refractivity contribution < 1.29 is 0 Å². The Balaban J connectivity index is 2.02. The Hall–Kier alpha value is -1.20.